The number of amides is 1. The summed E-state index contributed by atoms with van der Waals surface area (Å²) in [7, 11) is 2.95. The first-order chi connectivity index (χ1) is 10.0. The molecule has 5 nitrogen and oxygen atoms in total. The number of nitrogens with one attached hydrogen (secondary N) is 1. The SMILES string of the molecule is COc1ccc(OC)c(NC(=O)c2cc(F)ccc2O)c1. The lowest BCUT2D eigenvalue weighted by Crippen LogP contribution is -2.13. The summed E-state index contributed by atoms with van der Waals surface area (Å²) in [5.74, 6) is -0.639. The van der Waals surface area contributed by atoms with Crippen LogP contribution >= 0.6 is 0 Å². The first-order valence-electron chi connectivity index (χ1n) is 6.07. The van der Waals surface area contributed by atoms with E-state index in [1.807, 2.05) is 0 Å². The third-order valence-corrected chi connectivity index (χ3v) is 2.86. The van der Waals surface area contributed by atoms with Crippen LogP contribution in [0, 0.1) is 5.82 Å². The van der Waals surface area contributed by atoms with Crippen molar-refractivity contribution in [1.29, 1.82) is 0 Å². The Labute approximate surface area is 120 Å². The van der Waals surface area contributed by atoms with Crippen LogP contribution in [-0.2, 0) is 0 Å². The van der Waals surface area contributed by atoms with Gasteiger partial charge >= 0.3 is 0 Å². The van der Waals surface area contributed by atoms with Gasteiger partial charge in [-0.25, -0.2) is 4.39 Å². The molecule has 1 amide bonds. The lowest BCUT2D eigenvalue weighted by molar-refractivity contribution is 0.102. The number of benzene rings is 2. The highest BCUT2D eigenvalue weighted by molar-refractivity contribution is 6.06. The van der Waals surface area contributed by atoms with E-state index < -0.39 is 11.7 Å². The molecular weight excluding hydrogens is 277 g/mol. The monoisotopic (exact) mass is 291 g/mol. The van der Waals surface area contributed by atoms with Crippen LogP contribution in [0.25, 0.3) is 0 Å². The van der Waals surface area contributed by atoms with E-state index in [-0.39, 0.29) is 11.3 Å². The van der Waals surface area contributed by atoms with E-state index in [9.17, 15) is 14.3 Å². The van der Waals surface area contributed by atoms with Gasteiger partial charge in [-0.2, -0.15) is 0 Å². The van der Waals surface area contributed by atoms with Crippen LogP contribution in [0.4, 0.5) is 10.1 Å². The molecule has 0 atom stereocenters. The molecule has 2 rings (SSSR count). The van der Waals surface area contributed by atoms with Gasteiger partial charge in [0.25, 0.3) is 5.91 Å². The number of hydrogen-bond donors (Lipinski definition) is 2. The molecule has 0 heterocycles. The Balaban J connectivity index is 2.32. The van der Waals surface area contributed by atoms with Crippen molar-refractivity contribution < 1.29 is 23.8 Å². The van der Waals surface area contributed by atoms with Gasteiger partial charge in [0.2, 0.25) is 0 Å². The van der Waals surface area contributed by atoms with Crippen LogP contribution in [0.2, 0.25) is 0 Å². The zero-order valence-electron chi connectivity index (χ0n) is 11.5. The van der Waals surface area contributed by atoms with Crippen LogP contribution in [0.1, 0.15) is 10.4 Å². The number of phenolic OH excluding ortho intramolecular Hbond substituents is 1. The summed E-state index contributed by atoms with van der Waals surface area (Å²) in [6.45, 7) is 0. The zero-order chi connectivity index (χ0) is 15.4. The van der Waals surface area contributed by atoms with Gasteiger partial charge in [0.05, 0.1) is 25.5 Å². The number of carbonyl (C=O) groups excluding carboxylic acids is 1. The molecule has 0 aliphatic rings. The molecule has 0 bridgehead atoms. The van der Waals surface area contributed by atoms with Crippen LogP contribution in [0.5, 0.6) is 17.2 Å². The fourth-order valence-electron chi connectivity index (χ4n) is 1.79. The lowest BCUT2D eigenvalue weighted by Gasteiger charge is -2.12. The molecule has 0 saturated heterocycles. The number of ether oxygens (including phenoxy) is 2. The standard InChI is InChI=1S/C15H14FNO4/c1-20-10-4-6-14(21-2)12(8-10)17-15(19)11-7-9(16)3-5-13(11)18/h3-8,18H,1-2H3,(H,17,19). The van der Waals surface area contributed by atoms with Crippen LogP contribution < -0.4 is 14.8 Å². The average Bonchev–Trinajstić information content (AvgIpc) is 2.49. The first kappa shape index (κ1) is 14.6. The number of aromatic hydroxyl groups is 1. The summed E-state index contributed by atoms with van der Waals surface area (Å²) >= 11 is 0. The topological polar surface area (TPSA) is 67.8 Å². The molecule has 0 unspecified atom stereocenters. The van der Waals surface area contributed by atoms with Gasteiger partial charge in [0.15, 0.2) is 0 Å². The van der Waals surface area contributed by atoms with Crippen molar-refractivity contribution in [3.63, 3.8) is 0 Å². The van der Waals surface area contributed by atoms with Gasteiger partial charge in [0, 0.05) is 6.07 Å². The fourth-order valence-corrected chi connectivity index (χ4v) is 1.79. The predicted octanol–water partition coefficient (Wildman–Crippen LogP) is 2.80. The molecule has 6 heteroatoms. The van der Waals surface area contributed by atoms with Crippen LogP contribution in [0.15, 0.2) is 36.4 Å². The zero-order valence-corrected chi connectivity index (χ0v) is 11.5. The number of halogens is 1. The molecule has 0 aromatic heterocycles. The third-order valence-electron chi connectivity index (χ3n) is 2.86. The maximum absolute atomic E-state index is 13.2. The third kappa shape index (κ3) is 3.22. The number of carbonyl (C=O) groups is 1. The second-order valence-corrected chi connectivity index (χ2v) is 4.18. The van der Waals surface area contributed by atoms with E-state index in [1.54, 1.807) is 18.2 Å². The Bertz CT molecular complexity index is 673. The fraction of sp³-hybridized carbons (Fsp3) is 0.133. The van der Waals surface area contributed by atoms with Gasteiger partial charge in [-0.1, -0.05) is 0 Å². The number of methoxy groups -OCH3 is 2. The Morgan fingerprint density at radius 2 is 1.90 bits per heavy atom. The van der Waals surface area contributed by atoms with Crippen molar-refractivity contribution in [3.05, 3.63) is 47.8 Å². The maximum Gasteiger partial charge on any atom is 0.259 e. The first-order valence-corrected chi connectivity index (χ1v) is 6.07. The van der Waals surface area contributed by atoms with Crippen molar-refractivity contribution in [2.24, 2.45) is 0 Å². The smallest absolute Gasteiger partial charge is 0.259 e. The average molecular weight is 291 g/mol. The molecule has 0 fully saturated rings. The van der Waals surface area contributed by atoms with Crippen molar-refractivity contribution in [2.75, 3.05) is 19.5 Å². The molecule has 2 N–H and O–H groups in total. The highest BCUT2D eigenvalue weighted by Gasteiger charge is 2.15. The Kier molecular flexibility index (Phi) is 4.27. The Hall–Kier alpha value is -2.76. The van der Waals surface area contributed by atoms with Crippen molar-refractivity contribution >= 4 is 11.6 Å². The van der Waals surface area contributed by atoms with Gasteiger partial charge in [-0.15, -0.1) is 0 Å². The molecule has 0 aliphatic carbocycles. The maximum atomic E-state index is 13.2. The second kappa shape index (κ2) is 6.13. The summed E-state index contributed by atoms with van der Waals surface area (Å²) in [4.78, 5) is 12.1. The van der Waals surface area contributed by atoms with Crippen molar-refractivity contribution in [3.8, 4) is 17.2 Å². The molecule has 110 valence electrons. The number of anilines is 1. The minimum Gasteiger partial charge on any atom is -0.507 e. The molecular formula is C15H14FNO4. The lowest BCUT2D eigenvalue weighted by atomic mass is 10.1. The van der Waals surface area contributed by atoms with Crippen LogP contribution in [-0.4, -0.2) is 25.2 Å². The van der Waals surface area contributed by atoms with E-state index in [2.05, 4.69) is 5.32 Å². The molecule has 2 aromatic rings. The van der Waals surface area contributed by atoms with E-state index in [0.29, 0.717) is 17.2 Å². The highest BCUT2D eigenvalue weighted by Crippen LogP contribution is 2.30. The second-order valence-electron chi connectivity index (χ2n) is 4.18. The van der Waals surface area contributed by atoms with E-state index in [4.69, 9.17) is 9.47 Å². The van der Waals surface area contributed by atoms with Gasteiger partial charge in [-0.3, -0.25) is 4.79 Å². The quantitative estimate of drug-likeness (QED) is 0.909. The molecule has 0 aliphatic heterocycles. The summed E-state index contributed by atoms with van der Waals surface area (Å²) in [6, 6.07) is 8.00. The Morgan fingerprint density at radius 1 is 1.14 bits per heavy atom. The highest BCUT2D eigenvalue weighted by atomic mass is 19.1. The van der Waals surface area contributed by atoms with Crippen molar-refractivity contribution in [1.82, 2.24) is 0 Å². The normalized spacial score (nSPS) is 10.0. The summed E-state index contributed by atoms with van der Waals surface area (Å²) < 4.78 is 23.4. The molecule has 2 aromatic carbocycles. The van der Waals surface area contributed by atoms with Gasteiger partial charge in [-0.05, 0) is 30.3 Å². The number of hydrogen-bond acceptors (Lipinski definition) is 4. The molecule has 0 spiro atoms. The minimum absolute atomic E-state index is 0.167. The van der Waals surface area contributed by atoms with Crippen LogP contribution in [0.3, 0.4) is 0 Å². The molecule has 21 heavy (non-hydrogen) atoms. The van der Waals surface area contributed by atoms with E-state index in [0.717, 1.165) is 18.2 Å². The summed E-state index contributed by atoms with van der Waals surface area (Å²) in [6.07, 6.45) is 0. The molecule has 0 saturated carbocycles. The minimum atomic E-state index is -0.654. The number of rotatable bonds is 4. The number of phenols is 1. The summed E-state index contributed by atoms with van der Waals surface area (Å²) in [5, 5.41) is 12.2. The predicted molar refractivity (Wildman–Crippen MR) is 75.6 cm³/mol. The van der Waals surface area contributed by atoms with Gasteiger partial charge < -0.3 is 19.9 Å². The molecule has 0 radical (unpaired) electrons. The largest absolute Gasteiger partial charge is 0.507 e. The Morgan fingerprint density at radius 3 is 2.57 bits per heavy atom. The summed E-state index contributed by atoms with van der Waals surface area (Å²) in [5.41, 5.74) is 0.186. The van der Waals surface area contributed by atoms with E-state index in [1.165, 1.54) is 14.2 Å². The van der Waals surface area contributed by atoms with E-state index >= 15 is 0 Å². The van der Waals surface area contributed by atoms with Crippen molar-refractivity contribution in [2.45, 2.75) is 0 Å². The van der Waals surface area contributed by atoms with Gasteiger partial charge in [0.1, 0.15) is 23.1 Å².